The van der Waals surface area contributed by atoms with Gasteiger partial charge in [0.1, 0.15) is 11.9 Å². The fourth-order valence-corrected chi connectivity index (χ4v) is 4.14. The van der Waals surface area contributed by atoms with Gasteiger partial charge in [0.15, 0.2) is 5.11 Å². The molecule has 2 fully saturated rings. The van der Waals surface area contributed by atoms with Crippen LogP contribution in [0.1, 0.15) is 25.6 Å². The molecule has 2 aliphatic heterocycles. The Hall–Kier alpha value is -2.11. The van der Waals surface area contributed by atoms with Crippen LogP contribution in [0.4, 0.5) is 5.69 Å². The molecule has 2 aliphatic rings. The minimum absolute atomic E-state index is 0.0718. The maximum Gasteiger partial charge on any atom is 0.192 e. The van der Waals surface area contributed by atoms with Crippen molar-refractivity contribution in [3.63, 3.8) is 0 Å². The van der Waals surface area contributed by atoms with Crippen molar-refractivity contribution in [3.8, 4) is 5.75 Å². The van der Waals surface area contributed by atoms with E-state index >= 15 is 0 Å². The maximum atomic E-state index is 5.87. The smallest absolute Gasteiger partial charge is 0.192 e. The summed E-state index contributed by atoms with van der Waals surface area (Å²) in [6.07, 6.45) is 0.0718. The van der Waals surface area contributed by atoms with E-state index in [2.05, 4.69) is 65.2 Å². The van der Waals surface area contributed by atoms with Gasteiger partial charge in [0, 0.05) is 18.8 Å². The molecule has 0 N–H and O–H groups in total. The lowest BCUT2D eigenvalue weighted by Gasteiger charge is -2.30. The van der Waals surface area contributed by atoms with Gasteiger partial charge < -0.3 is 4.74 Å². The Bertz CT molecular complexity index is 775. The highest BCUT2D eigenvalue weighted by Gasteiger charge is 2.50. The normalized spacial score (nSPS) is 22.4. The number of hydrogen-bond donors (Lipinski definition) is 0. The average Bonchev–Trinajstić information content (AvgIpc) is 3.07. The van der Waals surface area contributed by atoms with E-state index in [1.165, 1.54) is 5.56 Å². The molecule has 0 radical (unpaired) electrons. The lowest BCUT2D eigenvalue weighted by Crippen LogP contribution is -2.35. The van der Waals surface area contributed by atoms with Gasteiger partial charge in [-0.2, -0.15) is 5.01 Å². The first-order valence-electron chi connectivity index (χ1n) is 8.56. The molecule has 2 heterocycles. The van der Waals surface area contributed by atoms with E-state index in [1.54, 1.807) is 7.11 Å². The second-order valence-corrected chi connectivity index (χ2v) is 7.82. The minimum Gasteiger partial charge on any atom is -0.497 e. The van der Waals surface area contributed by atoms with Crippen LogP contribution in [0.3, 0.4) is 0 Å². The van der Waals surface area contributed by atoms with Gasteiger partial charge in [0.2, 0.25) is 0 Å². The number of fused-ring (bicyclic) bond motifs is 1. The van der Waals surface area contributed by atoms with Crippen LogP contribution in [0, 0.1) is 5.41 Å². The molecule has 0 spiro atoms. The Morgan fingerprint density at radius 1 is 1.00 bits per heavy atom. The highest BCUT2D eigenvalue weighted by atomic mass is 32.1. The third-order valence-corrected chi connectivity index (χ3v) is 5.29. The van der Waals surface area contributed by atoms with Gasteiger partial charge in [-0.05, 0) is 47.5 Å². The predicted molar refractivity (Wildman–Crippen MR) is 104 cm³/mol. The molecule has 2 saturated heterocycles. The Morgan fingerprint density at radius 3 is 2.32 bits per heavy atom. The summed E-state index contributed by atoms with van der Waals surface area (Å²) in [5.74, 6) is 0.870. The minimum atomic E-state index is 0.0718. The molecule has 2 aromatic carbocycles. The van der Waals surface area contributed by atoms with E-state index < -0.39 is 0 Å². The highest BCUT2D eigenvalue weighted by molar-refractivity contribution is 7.80. The highest BCUT2D eigenvalue weighted by Crippen LogP contribution is 2.44. The molecule has 4 rings (SSSR count). The van der Waals surface area contributed by atoms with Gasteiger partial charge in [-0.1, -0.05) is 44.2 Å². The van der Waals surface area contributed by atoms with Crippen LogP contribution in [0.25, 0.3) is 0 Å². The summed E-state index contributed by atoms with van der Waals surface area (Å²) in [6, 6.07) is 18.7. The van der Waals surface area contributed by atoms with Gasteiger partial charge in [0.25, 0.3) is 0 Å². The van der Waals surface area contributed by atoms with Crippen LogP contribution in [0.5, 0.6) is 5.75 Å². The lowest BCUT2D eigenvalue weighted by molar-refractivity contribution is 0.0906. The Labute approximate surface area is 154 Å². The number of anilines is 1. The van der Waals surface area contributed by atoms with E-state index in [-0.39, 0.29) is 11.6 Å². The molecule has 0 aromatic heterocycles. The summed E-state index contributed by atoms with van der Waals surface area (Å²) < 4.78 is 5.32. The zero-order chi connectivity index (χ0) is 17.6. The summed E-state index contributed by atoms with van der Waals surface area (Å²) >= 11 is 5.87. The molecular weight excluding hydrogens is 330 g/mol. The number of rotatable bonds is 3. The molecule has 4 nitrogen and oxygen atoms in total. The number of thiocarbonyl (C=S) groups is 1. The Morgan fingerprint density at radius 2 is 1.68 bits per heavy atom. The molecular formula is C20H23N3OS. The number of hydrogen-bond acceptors (Lipinski definition) is 3. The van der Waals surface area contributed by atoms with Gasteiger partial charge in [0.05, 0.1) is 7.11 Å². The van der Waals surface area contributed by atoms with E-state index in [4.69, 9.17) is 17.0 Å². The predicted octanol–water partition coefficient (Wildman–Crippen LogP) is 4.06. The molecule has 5 heteroatoms. The van der Waals surface area contributed by atoms with Gasteiger partial charge in [-0.3, -0.25) is 9.91 Å². The molecule has 1 unspecified atom stereocenters. The van der Waals surface area contributed by atoms with Crippen molar-refractivity contribution in [2.75, 3.05) is 25.1 Å². The number of methoxy groups -OCH3 is 1. The topological polar surface area (TPSA) is 19.0 Å². The fourth-order valence-electron chi connectivity index (χ4n) is 3.77. The van der Waals surface area contributed by atoms with Crippen LogP contribution in [0.2, 0.25) is 0 Å². The summed E-state index contributed by atoms with van der Waals surface area (Å²) in [5, 5.41) is 5.53. The van der Waals surface area contributed by atoms with Gasteiger partial charge >= 0.3 is 0 Å². The summed E-state index contributed by atoms with van der Waals surface area (Å²) in [6.45, 7) is 6.52. The van der Waals surface area contributed by atoms with Gasteiger partial charge in [-0.15, -0.1) is 0 Å². The van der Waals surface area contributed by atoms with Crippen molar-refractivity contribution in [2.45, 2.75) is 20.0 Å². The standard InChI is InChI=1S/C20H23N3OS/c1-20(2)13-21-18(15-9-11-17(24-3)12-10-15)23(19(25)22(21)14-20)16-7-5-4-6-8-16/h4-12,18H,13-14H2,1-3H3. The zero-order valence-corrected chi connectivity index (χ0v) is 15.7. The second kappa shape index (κ2) is 6.00. The maximum absolute atomic E-state index is 5.87. The molecule has 1 atom stereocenters. The zero-order valence-electron chi connectivity index (χ0n) is 14.8. The van der Waals surface area contributed by atoms with Crippen molar-refractivity contribution in [3.05, 3.63) is 60.2 Å². The van der Waals surface area contributed by atoms with Crippen LogP contribution < -0.4 is 9.64 Å². The first-order chi connectivity index (χ1) is 12.0. The fraction of sp³-hybridized carbons (Fsp3) is 0.350. The van der Waals surface area contributed by atoms with Crippen LogP contribution in [-0.2, 0) is 0 Å². The average molecular weight is 353 g/mol. The van der Waals surface area contributed by atoms with Gasteiger partial charge in [-0.25, -0.2) is 0 Å². The SMILES string of the molecule is COc1ccc(C2N(c3ccccc3)C(=S)N3CC(C)(C)CN23)cc1. The van der Waals surface area contributed by atoms with Crippen LogP contribution in [0.15, 0.2) is 54.6 Å². The lowest BCUT2D eigenvalue weighted by atomic mass is 9.94. The quantitative estimate of drug-likeness (QED) is 0.773. The molecule has 25 heavy (non-hydrogen) atoms. The monoisotopic (exact) mass is 353 g/mol. The number of benzene rings is 2. The van der Waals surface area contributed by atoms with E-state index in [0.29, 0.717) is 0 Å². The summed E-state index contributed by atoms with van der Waals surface area (Å²) in [4.78, 5) is 2.26. The Kier molecular flexibility index (Phi) is 3.93. The molecule has 0 saturated carbocycles. The molecule has 0 bridgehead atoms. The third-order valence-electron chi connectivity index (χ3n) is 4.88. The van der Waals surface area contributed by atoms with Crippen molar-refractivity contribution in [2.24, 2.45) is 5.41 Å². The van der Waals surface area contributed by atoms with E-state index in [9.17, 15) is 0 Å². The number of para-hydroxylation sites is 1. The van der Waals surface area contributed by atoms with E-state index in [1.807, 2.05) is 18.2 Å². The summed E-state index contributed by atoms with van der Waals surface area (Å²) in [7, 11) is 1.70. The number of nitrogens with zero attached hydrogens (tertiary/aromatic N) is 3. The van der Waals surface area contributed by atoms with Crippen LogP contribution >= 0.6 is 12.2 Å². The first kappa shape index (κ1) is 16.4. The molecule has 0 aliphatic carbocycles. The van der Waals surface area contributed by atoms with Crippen molar-refractivity contribution in [1.82, 2.24) is 10.0 Å². The number of hydrazine groups is 1. The van der Waals surface area contributed by atoms with E-state index in [0.717, 1.165) is 29.6 Å². The largest absolute Gasteiger partial charge is 0.497 e. The van der Waals surface area contributed by atoms with Crippen LogP contribution in [-0.4, -0.2) is 35.3 Å². The van der Waals surface area contributed by atoms with Crippen molar-refractivity contribution < 1.29 is 4.74 Å². The Balaban J connectivity index is 1.78. The molecule has 0 amide bonds. The first-order valence-corrected chi connectivity index (χ1v) is 8.97. The summed E-state index contributed by atoms with van der Waals surface area (Å²) in [5.41, 5.74) is 2.56. The number of ether oxygens (including phenoxy) is 1. The second-order valence-electron chi connectivity index (χ2n) is 7.45. The van der Waals surface area contributed by atoms with Crippen molar-refractivity contribution >= 4 is 23.0 Å². The van der Waals surface area contributed by atoms with Crippen molar-refractivity contribution in [1.29, 1.82) is 0 Å². The third kappa shape index (κ3) is 2.77. The molecule has 2 aromatic rings. The molecule has 130 valence electrons.